The van der Waals surface area contributed by atoms with E-state index in [0.717, 1.165) is 5.56 Å². The predicted molar refractivity (Wildman–Crippen MR) is 125 cm³/mol. The Morgan fingerprint density at radius 2 is 1.76 bits per heavy atom. The molecule has 0 saturated carbocycles. The summed E-state index contributed by atoms with van der Waals surface area (Å²) in [7, 11) is 0. The number of nitrogens with zero attached hydrogens (tertiary/aromatic N) is 1. The largest absolute Gasteiger partial charge is 0.480 e. The van der Waals surface area contributed by atoms with Gasteiger partial charge in [0.05, 0.1) is 12.1 Å². The van der Waals surface area contributed by atoms with Crippen LogP contribution in [-0.2, 0) is 25.6 Å². The number of likely N-dealkylation sites (tertiary alicyclic amines) is 1. The van der Waals surface area contributed by atoms with E-state index in [9.17, 15) is 29.4 Å². The molecule has 1 aliphatic heterocycles. The van der Waals surface area contributed by atoms with Crippen molar-refractivity contribution < 1.29 is 29.4 Å². The Labute approximate surface area is 199 Å². The van der Waals surface area contributed by atoms with Crippen molar-refractivity contribution in [1.82, 2.24) is 15.5 Å². The molecule has 0 spiro atoms. The Hall–Kier alpha value is -2.98. The maximum atomic E-state index is 13.0. The van der Waals surface area contributed by atoms with Crippen LogP contribution < -0.4 is 16.4 Å². The van der Waals surface area contributed by atoms with Gasteiger partial charge in [0, 0.05) is 6.54 Å². The fourth-order valence-corrected chi connectivity index (χ4v) is 4.08. The second-order valence-electron chi connectivity index (χ2n) is 9.24. The molecule has 1 saturated heterocycles. The molecule has 0 aromatic heterocycles. The van der Waals surface area contributed by atoms with Gasteiger partial charge in [-0.3, -0.25) is 14.4 Å². The van der Waals surface area contributed by atoms with Crippen molar-refractivity contribution in [2.45, 2.75) is 76.7 Å². The van der Waals surface area contributed by atoms with Crippen LogP contribution in [0.3, 0.4) is 0 Å². The topological polar surface area (TPSA) is 162 Å². The fraction of sp³-hybridized carbons (Fsp3) is 0.583. The standard InChI is InChI=1S/C24H36N4O6/c1-14(2)12-18(24(33)34)26-22(31)20(15(3)29)27-21(30)19-10-7-11-28(19)23(32)17(25)13-16-8-5-4-6-9-16/h4-6,8-9,14-15,17-20,29H,7,10-13,25H2,1-3H3,(H,26,31)(H,27,30)(H,33,34). The Kier molecular flexibility index (Phi) is 10.0. The van der Waals surface area contributed by atoms with Crippen LogP contribution >= 0.6 is 0 Å². The molecule has 5 unspecified atom stereocenters. The molecule has 0 radical (unpaired) electrons. The van der Waals surface area contributed by atoms with Crippen LogP contribution in [0, 0.1) is 5.92 Å². The van der Waals surface area contributed by atoms with Gasteiger partial charge in [0.1, 0.15) is 18.1 Å². The number of aliphatic hydroxyl groups excluding tert-OH is 1. The first-order chi connectivity index (χ1) is 16.0. The monoisotopic (exact) mass is 476 g/mol. The summed E-state index contributed by atoms with van der Waals surface area (Å²) in [6, 6.07) is 5.17. The summed E-state index contributed by atoms with van der Waals surface area (Å²) in [4.78, 5) is 51.6. The molecule has 1 heterocycles. The van der Waals surface area contributed by atoms with Crippen LogP contribution in [0.15, 0.2) is 30.3 Å². The maximum Gasteiger partial charge on any atom is 0.326 e. The van der Waals surface area contributed by atoms with Gasteiger partial charge in [-0.1, -0.05) is 44.2 Å². The summed E-state index contributed by atoms with van der Waals surface area (Å²) < 4.78 is 0. The molecule has 10 nitrogen and oxygen atoms in total. The number of carboxylic acid groups (broad SMARTS) is 1. The van der Waals surface area contributed by atoms with Crippen molar-refractivity contribution in [2.24, 2.45) is 11.7 Å². The van der Waals surface area contributed by atoms with E-state index in [1.54, 1.807) is 0 Å². The maximum absolute atomic E-state index is 13.0. The zero-order chi connectivity index (χ0) is 25.4. The number of carboxylic acids is 1. The number of hydrogen-bond donors (Lipinski definition) is 5. The number of hydrogen-bond acceptors (Lipinski definition) is 6. The van der Waals surface area contributed by atoms with Gasteiger partial charge in [-0.05, 0) is 44.1 Å². The number of carbonyl (C=O) groups excluding carboxylic acids is 3. The van der Waals surface area contributed by atoms with E-state index in [2.05, 4.69) is 10.6 Å². The lowest BCUT2D eigenvalue weighted by molar-refractivity contribution is -0.144. The SMILES string of the molecule is CC(C)CC(NC(=O)C(NC(=O)C1CCCN1C(=O)C(N)Cc1ccccc1)C(C)O)C(=O)O. The van der Waals surface area contributed by atoms with Crippen molar-refractivity contribution in [3.63, 3.8) is 0 Å². The molecular formula is C24H36N4O6. The third-order valence-corrected chi connectivity index (χ3v) is 5.84. The number of carbonyl (C=O) groups is 4. The highest BCUT2D eigenvalue weighted by Gasteiger charge is 2.38. The summed E-state index contributed by atoms with van der Waals surface area (Å²) in [6.45, 7) is 5.34. The Bertz CT molecular complexity index is 860. The van der Waals surface area contributed by atoms with Crippen LogP contribution in [-0.4, -0.2) is 75.6 Å². The van der Waals surface area contributed by atoms with Gasteiger partial charge in [-0.2, -0.15) is 0 Å². The second-order valence-corrected chi connectivity index (χ2v) is 9.24. The van der Waals surface area contributed by atoms with Crippen LogP contribution in [0.5, 0.6) is 0 Å². The van der Waals surface area contributed by atoms with Crippen LogP contribution in [0.1, 0.15) is 45.6 Å². The lowest BCUT2D eigenvalue weighted by Gasteiger charge is -2.29. The molecule has 0 aliphatic carbocycles. The zero-order valence-corrected chi connectivity index (χ0v) is 19.9. The number of benzene rings is 1. The van der Waals surface area contributed by atoms with Gasteiger partial charge in [0.25, 0.3) is 0 Å². The van der Waals surface area contributed by atoms with Gasteiger partial charge in [-0.25, -0.2) is 4.79 Å². The van der Waals surface area contributed by atoms with Gasteiger partial charge in [0.15, 0.2) is 0 Å². The molecule has 10 heteroatoms. The second kappa shape index (κ2) is 12.5. The van der Waals surface area contributed by atoms with E-state index >= 15 is 0 Å². The molecular weight excluding hydrogens is 440 g/mol. The Morgan fingerprint density at radius 1 is 1.12 bits per heavy atom. The van der Waals surface area contributed by atoms with Gasteiger partial charge in [0.2, 0.25) is 17.7 Å². The Balaban J connectivity index is 2.05. The van der Waals surface area contributed by atoms with Crippen molar-refractivity contribution in [1.29, 1.82) is 0 Å². The quantitative estimate of drug-likeness (QED) is 0.301. The number of nitrogens with two attached hydrogens (primary N) is 1. The number of amides is 3. The molecule has 1 fully saturated rings. The van der Waals surface area contributed by atoms with Crippen molar-refractivity contribution in [3.8, 4) is 0 Å². The minimum Gasteiger partial charge on any atom is -0.480 e. The van der Waals surface area contributed by atoms with E-state index in [1.807, 2.05) is 44.2 Å². The summed E-state index contributed by atoms with van der Waals surface area (Å²) in [5.74, 6) is -2.93. The van der Waals surface area contributed by atoms with E-state index in [4.69, 9.17) is 5.73 Å². The van der Waals surface area contributed by atoms with Gasteiger partial charge < -0.3 is 31.5 Å². The highest BCUT2D eigenvalue weighted by Crippen LogP contribution is 2.19. The number of aliphatic hydroxyl groups is 1. The fourth-order valence-electron chi connectivity index (χ4n) is 4.08. The van der Waals surface area contributed by atoms with Gasteiger partial charge in [-0.15, -0.1) is 0 Å². The highest BCUT2D eigenvalue weighted by atomic mass is 16.4. The summed E-state index contributed by atoms with van der Waals surface area (Å²) in [5.41, 5.74) is 7.04. The molecule has 2 rings (SSSR count). The average molecular weight is 477 g/mol. The predicted octanol–water partition coefficient (Wildman–Crippen LogP) is 0.0285. The smallest absolute Gasteiger partial charge is 0.326 e. The van der Waals surface area contributed by atoms with E-state index in [0.29, 0.717) is 25.8 Å². The first-order valence-electron chi connectivity index (χ1n) is 11.6. The molecule has 0 bridgehead atoms. The lowest BCUT2D eigenvalue weighted by Crippen LogP contribution is -2.59. The Morgan fingerprint density at radius 3 is 2.32 bits per heavy atom. The molecule has 3 amide bonds. The molecule has 1 aromatic rings. The molecule has 1 aliphatic rings. The normalized spacial score (nSPS) is 19.2. The van der Waals surface area contributed by atoms with Crippen LogP contribution in [0.25, 0.3) is 0 Å². The third-order valence-electron chi connectivity index (χ3n) is 5.84. The summed E-state index contributed by atoms with van der Waals surface area (Å²) >= 11 is 0. The summed E-state index contributed by atoms with van der Waals surface area (Å²) in [6.07, 6.45) is 0.252. The third kappa shape index (κ3) is 7.53. The minimum atomic E-state index is -1.36. The minimum absolute atomic E-state index is 0.0131. The number of aliphatic carboxylic acids is 1. The van der Waals surface area contributed by atoms with Crippen molar-refractivity contribution in [2.75, 3.05) is 6.54 Å². The zero-order valence-electron chi connectivity index (χ0n) is 19.9. The molecule has 34 heavy (non-hydrogen) atoms. The van der Waals surface area contributed by atoms with Gasteiger partial charge >= 0.3 is 5.97 Å². The molecule has 188 valence electrons. The molecule has 5 atom stereocenters. The molecule has 6 N–H and O–H groups in total. The van der Waals surface area contributed by atoms with Crippen molar-refractivity contribution in [3.05, 3.63) is 35.9 Å². The lowest BCUT2D eigenvalue weighted by atomic mass is 10.0. The number of nitrogens with one attached hydrogen (secondary N) is 2. The van der Waals surface area contributed by atoms with E-state index in [1.165, 1.54) is 11.8 Å². The van der Waals surface area contributed by atoms with Crippen LogP contribution in [0.4, 0.5) is 0 Å². The van der Waals surface area contributed by atoms with E-state index in [-0.39, 0.29) is 18.2 Å². The highest BCUT2D eigenvalue weighted by molar-refractivity contribution is 5.94. The first kappa shape index (κ1) is 27.3. The van der Waals surface area contributed by atoms with Crippen molar-refractivity contribution >= 4 is 23.7 Å². The van der Waals surface area contributed by atoms with E-state index < -0.39 is 48.1 Å². The summed E-state index contributed by atoms with van der Waals surface area (Å²) in [5, 5.41) is 24.4. The number of rotatable bonds is 11. The molecule has 1 aromatic carbocycles. The first-order valence-corrected chi connectivity index (χ1v) is 11.6. The van der Waals surface area contributed by atoms with Crippen LogP contribution in [0.2, 0.25) is 0 Å². The average Bonchev–Trinajstić information content (AvgIpc) is 3.26.